The van der Waals surface area contributed by atoms with E-state index in [2.05, 4.69) is 44.2 Å². The predicted molar refractivity (Wildman–Crippen MR) is 255 cm³/mol. The number of rotatable bonds is 12. The van der Waals surface area contributed by atoms with Gasteiger partial charge in [-0.1, -0.05) is 33.8 Å². The fraction of sp³-hybridized carbons (Fsp3) is 0.423. The second kappa shape index (κ2) is 18.4. The van der Waals surface area contributed by atoms with Gasteiger partial charge in [0.25, 0.3) is 0 Å². The average molecular weight is 940 g/mol. The zero-order chi connectivity index (χ0) is 48.2. The van der Waals surface area contributed by atoms with Gasteiger partial charge in [0.05, 0.1) is 65.9 Å². The van der Waals surface area contributed by atoms with Crippen LogP contribution in [0.25, 0.3) is 44.7 Å². The van der Waals surface area contributed by atoms with Crippen molar-refractivity contribution in [2.24, 2.45) is 11.8 Å². The molecule has 2 fully saturated rings. The molecule has 69 heavy (non-hydrogen) atoms. The van der Waals surface area contributed by atoms with E-state index in [4.69, 9.17) is 24.2 Å². The molecule has 4 amide bonds. The number of alkyl carbamates (subject to hydrolysis) is 1. The maximum Gasteiger partial charge on any atom is 0.407 e. The van der Waals surface area contributed by atoms with Gasteiger partial charge in [0.2, 0.25) is 24.5 Å². The molecule has 4 aliphatic rings. The summed E-state index contributed by atoms with van der Waals surface area (Å²) in [5.74, 6) is 1.40. The van der Waals surface area contributed by atoms with Gasteiger partial charge >= 0.3 is 6.09 Å². The normalized spacial score (nSPS) is 20.5. The smallest absolute Gasteiger partial charge is 0.407 e. The number of benzene rings is 3. The van der Waals surface area contributed by atoms with Crippen molar-refractivity contribution in [2.45, 2.75) is 110 Å². The van der Waals surface area contributed by atoms with Gasteiger partial charge < -0.3 is 49.2 Å². The second-order valence-corrected chi connectivity index (χ2v) is 19.4. The van der Waals surface area contributed by atoms with E-state index in [1.807, 2.05) is 64.1 Å². The van der Waals surface area contributed by atoms with Crippen LogP contribution >= 0.6 is 0 Å². The van der Waals surface area contributed by atoms with Crippen molar-refractivity contribution in [1.29, 1.82) is 0 Å². The predicted octanol–water partition coefficient (Wildman–Crippen LogP) is 8.36. The molecule has 0 radical (unpaired) electrons. The highest BCUT2D eigenvalue weighted by Gasteiger charge is 2.39. The van der Waals surface area contributed by atoms with Crippen molar-refractivity contribution in [2.75, 3.05) is 20.2 Å². The second-order valence-electron chi connectivity index (χ2n) is 19.4. The van der Waals surface area contributed by atoms with E-state index in [0.717, 1.165) is 71.1 Å². The summed E-state index contributed by atoms with van der Waals surface area (Å²) in [6.45, 7) is 10.7. The monoisotopic (exact) mass is 939 g/mol. The van der Waals surface area contributed by atoms with Gasteiger partial charge in [-0.15, -0.1) is 0 Å². The van der Waals surface area contributed by atoms with Crippen LogP contribution in [0.4, 0.5) is 9.18 Å². The van der Waals surface area contributed by atoms with E-state index >= 15 is 4.39 Å². The number of fused-ring (bicyclic) bond motifs is 6. The largest absolute Gasteiger partial charge is 0.490 e. The lowest BCUT2D eigenvalue weighted by atomic mass is 9.98. The molecule has 0 bridgehead atoms. The molecular formula is C52H58FN9O7. The Kier molecular flexibility index (Phi) is 12.2. The molecule has 360 valence electrons. The number of nitrogens with zero attached hydrogens (tertiary/aromatic N) is 5. The Morgan fingerprint density at radius 3 is 2.13 bits per heavy atom. The number of imidazole rings is 2. The average Bonchev–Trinajstić information content (AvgIpc) is 4.20. The number of hydrogen-bond donors (Lipinski definition) is 4. The number of nitrogens with one attached hydrogen (secondary N) is 4. The summed E-state index contributed by atoms with van der Waals surface area (Å²) in [7, 11) is 1.28. The van der Waals surface area contributed by atoms with Crippen LogP contribution in [0.15, 0.2) is 67.0 Å². The van der Waals surface area contributed by atoms with Crippen LogP contribution in [0.1, 0.15) is 108 Å². The van der Waals surface area contributed by atoms with Crippen molar-refractivity contribution < 1.29 is 37.8 Å². The van der Waals surface area contributed by atoms with Crippen LogP contribution in [0.2, 0.25) is 0 Å². The molecule has 3 aromatic carbocycles. The Morgan fingerprint density at radius 1 is 0.812 bits per heavy atom. The van der Waals surface area contributed by atoms with Gasteiger partial charge in [-0.3, -0.25) is 14.4 Å². The lowest BCUT2D eigenvalue weighted by Gasteiger charge is -2.32. The molecule has 3 aromatic heterocycles. The SMILES string of the molecule is COC(=O)N[C@H](C(=O)N1CCC[C@H]1c1ncc(-c2ccc3c(c2)cc2n3[C@@H](c3ccc4c(c3)CCC(C)O4)Oc3cc(-c4cnc([C@@H]5CCCN5C(=O)[C@@H](NC=O)C(C)C)[nH]4)cc(F)c3-2)[nH]1)C(C)C. The van der Waals surface area contributed by atoms with Crippen LogP contribution in [0.5, 0.6) is 11.5 Å². The molecule has 0 saturated carbocycles. The number of ether oxygens (including phenoxy) is 3. The summed E-state index contributed by atoms with van der Waals surface area (Å²) >= 11 is 0. The quantitative estimate of drug-likeness (QED) is 0.0875. The molecule has 7 heterocycles. The zero-order valence-electron chi connectivity index (χ0n) is 39.7. The number of aromatic nitrogens is 5. The lowest BCUT2D eigenvalue weighted by Crippen LogP contribution is -2.51. The molecule has 16 nitrogen and oxygen atoms in total. The lowest BCUT2D eigenvalue weighted by molar-refractivity contribution is -0.137. The first-order valence-corrected chi connectivity index (χ1v) is 24.0. The number of hydrogen-bond acceptors (Lipinski definition) is 9. The van der Waals surface area contributed by atoms with Gasteiger partial charge in [0, 0.05) is 35.2 Å². The van der Waals surface area contributed by atoms with Crippen molar-refractivity contribution in [3.05, 3.63) is 95.6 Å². The maximum absolute atomic E-state index is 17.0. The standard InChI is InChI=1S/C52H58FN9O7/c1-27(2)45(56-26-63)49(64)60-17-7-9-39(60)48-55-25-37(58-48)33-21-35(53)44-41-22-34-19-30(36-24-54-47(57-36)40-10-8-18-61(40)50(65)46(28(3)4)59-52(66)67-6)13-15-38(34)62(41)51(69-43(44)23-33)32-14-16-42-31(20-32)12-11-29(5)68-42/h13-16,19-29,39-40,45-46,51H,7-12,17-18H2,1-6H3,(H,54,57)(H,55,58)(H,56,63)(H,59,66)/t29?,39-,40-,45-,46-,51+/m0/s1. The first kappa shape index (κ1) is 45.6. The van der Waals surface area contributed by atoms with Crippen molar-refractivity contribution >= 4 is 35.2 Å². The van der Waals surface area contributed by atoms with Crippen molar-refractivity contribution in [1.82, 2.24) is 44.9 Å². The zero-order valence-corrected chi connectivity index (χ0v) is 39.7. The third-order valence-electron chi connectivity index (χ3n) is 14.2. The molecule has 10 rings (SSSR count). The number of halogens is 1. The highest BCUT2D eigenvalue weighted by molar-refractivity contribution is 5.93. The van der Waals surface area contributed by atoms with Gasteiger partial charge in [-0.25, -0.2) is 19.2 Å². The Bertz CT molecular complexity index is 2960. The van der Waals surface area contributed by atoms with E-state index < -0.39 is 30.2 Å². The number of amides is 4. The number of carbonyl (C=O) groups is 4. The summed E-state index contributed by atoms with van der Waals surface area (Å²) in [5, 5.41) is 6.26. The highest BCUT2D eigenvalue weighted by atomic mass is 19.1. The minimum atomic E-state index is -0.745. The third kappa shape index (κ3) is 8.35. The molecule has 2 saturated heterocycles. The van der Waals surface area contributed by atoms with Crippen molar-refractivity contribution in [3.63, 3.8) is 0 Å². The number of methoxy groups -OCH3 is 1. The summed E-state index contributed by atoms with van der Waals surface area (Å²) in [4.78, 5) is 70.9. The number of H-pyrrole nitrogens is 2. The van der Waals surface area contributed by atoms with E-state index in [0.29, 0.717) is 65.8 Å². The number of carbonyl (C=O) groups excluding carboxylic acids is 4. The van der Waals surface area contributed by atoms with Crippen LogP contribution < -0.4 is 20.1 Å². The Morgan fingerprint density at radius 2 is 1.48 bits per heavy atom. The van der Waals surface area contributed by atoms with E-state index in [1.54, 1.807) is 22.2 Å². The van der Waals surface area contributed by atoms with Crippen LogP contribution in [0, 0.1) is 17.7 Å². The third-order valence-corrected chi connectivity index (χ3v) is 14.2. The molecule has 4 aliphatic heterocycles. The van der Waals surface area contributed by atoms with Crippen molar-refractivity contribution in [3.8, 4) is 45.3 Å². The van der Waals surface area contributed by atoms with E-state index in [1.165, 1.54) is 13.2 Å². The van der Waals surface area contributed by atoms with Gasteiger partial charge in [0.15, 0.2) is 0 Å². The maximum atomic E-state index is 17.0. The number of likely N-dealkylation sites (tertiary alicyclic amines) is 2. The molecule has 1 unspecified atom stereocenters. The first-order valence-electron chi connectivity index (χ1n) is 24.0. The molecule has 0 aliphatic carbocycles. The van der Waals surface area contributed by atoms with Crippen LogP contribution in [0.3, 0.4) is 0 Å². The Hall–Kier alpha value is -7.17. The summed E-state index contributed by atoms with van der Waals surface area (Å²) < 4.78 is 37.0. The van der Waals surface area contributed by atoms with Gasteiger partial charge in [-0.05, 0) is 111 Å². The summed E-state index contributed by atoms with van der Waals surface area (Å²) in [6, 6.07) is 15.5. The molecule has 4 N–H and O–H groups in total. The summed E-state index contributed by atoms with van der Waals surface area (Å²) in [6.07, 6.45) is 7.55. The van der Waals surface area contributed by atoms with Gasteiger partial charge in [0.1, 0.15) is 41.0 Å². The Labute approximate surface area is 399 Å². The Balaban J connectivity index is 0.993. The molecular weight excluding hydrogens is 882 g/mol. The van der Waals surface area contributed by atoms with E-state index in [9.17, 15) is 19.2 Å². The summed E-state index contributed by atoms with van der Waals surface area (Å²) in [5.41, 5.74) is 6.54. The van der Waals surface area contributed by atoms with Crippen LogP contribution in [-0.4, -0.2) is 97.0 Å². The number of aromatic amines is 2. The minimum absolute atomic E-state index is 0.0985. The van der Waals surface area contributed by atoms with E-state index in [-0.39, 0.29) is 41.8 Å². The topological polar surface area (TPSA) is 189 Å². The van der Waals surface area contributed by atoms with Gasteiger partial charge in [-0.2, -0.15) is 0 Å². The first-order chi connectivity index (χ1) is 33.3. The molecule has 0 spiro atoms. The van der Waals surface area contributed by atoms with Crippen LogP contribution in [-0.2, 0) is 25.5 Å². The fourth-order valence-electron chi connectivity index (χ4n) is 10.6. The fourth-order valence-corrected chi connectivity index (χ4v) is 10.6. The minimum Gasteiger partial charge on any atom is -0.490 e. The number of aryl methyl sites for hydroxylation is 1. The molecule has 6 atom stereocenters. The molecule has 6 aromatic rings. The highest BCUT2D eigenvalue weighted by Crippen LogP contribution is 2.48. The molecule has 17 heteroatoms.